The van der Waals surface area contributed by atoms with E-state index in [-0.39, 0.29) is 11.7 Å². The minimum absolute atomic E-state index is 0.175. The number of carbonyl (C=O) groups is 2. The molecule has 0 aliphatic rings. The quantitative estimate of drug-likeness (QED) is 0.471. The summed E-state index contributed by atoms with van der Waals surface area (Å²) in [7, 11) is 3.98. The molecule has 0 saturated heterocycles. The lowest BCUT2D eigenvalue weighted by atomic mass is 10.1. The first-order chi connectivity index (χ1) is 14.4. The Hall–Kier alpha value is -2.90. The van der Waals surface area contributed by atoms with Crippen molar-refractivity contribution in [2.75, 3.05) is 32.5 Å². The van der Waals surface area contributed by atoms with Crippen LogP contribution in [0.4, 0.5) is 5.69 Å². The van der Waals surface area contributed by atoms with E-state index >= 15 is 0 Å². The van der Waals surface area contributed by atoms with E-state index in [1.54, 1.807) is 36.4 Å². The minimum Gasteiger partial charge on any atom is -0.451 e. The number of nitrogens with zero attached hydrogens (tertiary/aromatic N) is 1. The van der Waals surface area contributed by atoms with E-state index in [1.807, 2.05) is 38.4 Å². The highest BCUT2D eigenvalue weighted by Gasteiger charge is 2.16. The molecule has 0 aliphatic carbocycles. The molecule has 0 saturated carbocycles. The largest absolute Gasteiger partial charge is 0.451 e. The van der Waals surface area contributed by atoms with Gasteiger partial charge in [0.15, 0.2) is 5.76 Å². The first-order valence-electron chi connectivity index (χ1n) is 9.63. The van der Waals surface area contributed by atoms with Gasteiger partial charge in [-0.1, -0.05) is 40.2 Å². The lowest BCUT2D eigenvalue weighted by Crippen LogP contribution is -2.28. The molecule has 0 unspecified atom stereocenters. The first-order valence-corrected chi connectivity index (χ1v) is 10.4. The highest BCUT2D eigenvalue weighted by Crippen LogP contribution is 2.25. The number of hydrogen-bond acceptors (Lipinski definition) is 4. The second-order valence-corrected chi connectivity index (χ2v) is 8.00. The highest BCUT2D eigenvalue weighted by molar-refractivity contribution is 9.10. The maximum absolute atomic E-state index is 12.7. The number of anilines is 1. The average Bonchev–Trinajstić information content (AvgIpc) is 3.22. The van der Waals surface area contributed by atoms with Gasteiger partial charge >= 0.3 is 0 Å². The molecular weight excluding hydrogens is 446 g/mol. The molecular formula is C23H24BrN3O3. The fourth-order valence-corrected chi connectivity index (χ4v) is 3.16. The lowest BCUT2D eigenvalue weighted by molar-refractivity contribution is 0.0953. The molecule has 0 fully saturated rings. The van der Waals surface area contributed by atoms with E-state index < -0.39 is 5.91 Å². The van der Waals surface area contributed by atoms with Crippen LogP contribution < -0.4 is 10.6 Å². The van der Waals surface area contributed by atoms with Gasteiger partial charge in [-0.15, -0.1) is 0 Å². The second-order valence-electron chi connectivity index (χ2n) is 7.08. The molecule has 2 aromatic carbocycles. The van der Waals surface area contributed by atoms with Crippen LogP contribution in [0.15, 0.2) is 69.6 Å². The van der Waals surface area contributed by atoms with Crippen molar-refractivity contribution in [1.82, 2.24) is 10.2 Å². The third kappa shape index (κ3) is 5.81. The number of benzene rings is 2. The van der Waals surface area contributed by atoms with Crippen LogP contribution in [0, 0.1) is 0 Å². The SMILES string of the molecule is CN(C)CCCNC(=O)c1ccccc1NC(=O)c1ccc(-c2ccc(Br)cc2)o1. The van der Waals surface area contributed by atoms with Gasteiger partial charge in [-0.05, 0) is 63.5 Å². The molecule has 3 rings (SSSR count). The average molecular weight is 470 g/mol. The molecule has 3 aromatic rings. The van der Waals surface area contributed by atoms with E-state index in [0.29, 0.717) is 23.6 Å². The number of para-hydroxylation sites is 1. The van der Waals surface area contributed by atoms with E-state index in [9.17, 15) is 9.59 Å². The van der Waals surface area contributed by atoms with Crippen molar-refractivity contribution in [3.63, 3.8) is 0 Å². The van der Waals surface area contributed by atoms with Crippen molar-refractivity contribution in [2.45, 2.75) is 6.42 Å². The summed E-state index contributed by atoms with van der Waals surface area (Å²) in [5, 5.41) is 5.67. The summed E-state index contributed by atoms with van der Waals surface area (Å²) >= 11 is 3.40. The van der Waals surface area contributed by atoms with E-state index in [4.69, 9.17) is 4.42 Å². The van der Waals surface area contributed by atoms with Gasteiger partial charge < -0.3 is 20.0 Å². The van der Waals surface area contributed by atoms with Gasteiger partial charge in [0.05, 0.1) is 11.3 Å². The van der Waals surface area contributed by atoms with Gasteiger partial charge in [0, 0.05) is 16.6 Å². The van der Waals surface area contributed by atoms with Gasteiger partial charge in [-0.2, -0.15) is 0 Å². The van der Waals surface area contributed by atoms with Gasteiger partial charge in [-0.25, -0.2) is 0 Å². The molecule has 0 spiro atoms. The number of hydrogen-bond donors (Lipinski definition) is 2. The Bertz CT molecular complexity index is 1010. The van der Waals surface area contributed by atoms with E-state index in [1.165, 1.54) is 0 Å². The number of rotatable bonds is 8. The smallest absolute Gasteiger partial charge is 0.291 e. The maximum Gasteiger partial charge on any atom is 0.291 e. The van der Waals surface area contributed by atoms with Gasteiger partial charge in [0.2, 0.25) is 0 Å². The first kappa shape index (κ1) is 21.8. The van der Waals surface area contributed by atoms with E-state index in [0.717, 1.165) is 23.0 Å². The molecule has 2 N–H and O–H groups in total. The minimum atomic E-state index is -0.411. The van der Waals surface area contributed by atoms with Crippen molar-refractivity contribution >= 4 is 33.4 Å². The molecule has 0 aliphatic heterocycles. The fourth-order valence-electron chi connectivity index (χ4n) is 2.90. The third-order valence-corrected chi connectivity index (χ3v) is 4.97. The predicted octanol–water partition coefficient (Wildman–Crippen LogP) is 4.64. The van der Waals surface area contributed by atoms with Crippen LogP contribution in [0.2, 0.25) is 0 Å². The van der Waals surface area contributed by atoms with Gasteiger partial charge in [0.25, 0.3) is 11.8 Å². The number of amides is 2. The van der Waals surface area contributed by atoms with Crippen LogP contribution in [0.5, 0.6) is 0 Å². The molecule has 0 radical (unpaired) electrons. The van der Waals surface area contributed by atoms with Gasteiger partial charge in [0.1, 0.15) is 5.76 Å². The van der Waals surface area contributed by atoms with Gasteiger partial charge in [-0.3, -0.25) is 9.59 Å². The molecule has 1 aromatic heterocycles. The summed E-state index contributed by atoms with van der Waals surface area (Å²) in [4.78, 5) is 27.3. The molecule has 30 heavy (non-hydrogen) atoms. The van der Waals surface area contributed by atoms with Crippen molar-refractivity contribution in [1.29, 1.82) is 0 Å². The molecule has 156 valence electrons. The zero-order chi connectivity index (χ0) is 21.5. The fraction of sp³-hybridized carbons (Fsp3) is 0.217. The van der Waals surface area contributed by atoms with Crippen LogP contribution in [0.1, 0.15) is 27.3 Å². The van der Waals surface area contributed by atoms with E-state index in [2.05, 4.69) is 31.5 Å². The maximum atomic E-state index is 12.7. The molecule has 6 nitrogen and oxygen atoms in total. The summed E-state index contributed by atoms with van der Waals surface area (Å²) in [6.45, 7) is 1.45. The zero-order valence-electron chi connectivity index (χ0n) is 16.9. The van der Waals surface area contributed by atoms with Crippen LogP contribution in [-0.2, 0) is 0 Å². The molecule has 7 heteroatoms. The molecule has 2 amide bonds. The third-order valence-electron chi connectivity index (χ3n) is 4.45. The number of furan rings is 1. The highest BCUT2D eigenvalue weighted by atomic mass is 79.9. The Morgan fingerprint density at radius 3 is 2.43 bits per heavy atom. The summed E-state index contributed by atoms with van der Waals surface area (Å²) in [5.41, 5.74) is 1.72. The lowest BCUT2D eigenvalue weighted by Gasteiger charge is -2.12. The Morgan fingerprint density at radius 1 is 0.967 bits per heavy atom. The summed E-state index contributed by atoms with van der Waals surface area (Å²) in [6.07, 6.45) is 0.846. The summed E-state index contributed by atoms with van der Waals surface area (Å²) in [6, 6.07) is 17.9. The van der Waals surface area contributed by atoms with Crippen LogP contribution in [0.25, 0.3) is 11.3 Å². The zero-order valence-corrected chi connectivity index (χ0v) is 18.5. The predicted molar refractivity (Wildman–Crippen MR) is 122 cm³/mol. The molecule has 0 atom stereocenters. The topological polar surface area (TPSA) is 74.6 Å². The molecule has 0 bridgehead atoms. The molecule has 1 heterocycles. The van der Waals surface area contributed by atoms with Crippen molar-refractivity contribution < 1.29 is 14.0 Å². The van der Waals surface area contributed by atoms with Crippen molar-refractivity contribution in [2.24, 2.45) is 0 Å². The Morgan fingerprint density at radius 2 is 1.70 bits per heavy atom. The Kier molecular flexibility index (Phi) is 7.43. The second kappa shape index (κ2) is 10.2. The monoisotopic (exact) mass is 469 g/mol. The summed E-state index contributed by atoms with van der Waals surface area (Å²) in [5.74, 6) is 0.138. The Balaban J connectivity index is 1.67. The van der Waals surface area contributed by atoms with Crippen molar-refractivity contribution in [3.05, 3.63) is 76.5 Å². The Labute approximate surface area is 184 Å². The van der Waals surface area contributed by atoms with Crippen LogP contribution in [-0.4, -0.2) is 43.9 Å². The number of carbonyl (C=O) groups excluding carboxylic acids is 2. The number of nitrogens with one attached hydrogen (secondary N) is 2. The van der Waals surface area contributed by atoms with Crippen LogP contribution >= 0.6 is 15.9 Å². The van der Waals surface area contributed by atoms with Crippen molar-refractivity contribution in [3.8, 4) is 11.3 Å². The number of halogens is 1. The standard InChI is InChI=1S/C23H24BrN3O3/c1-27(2)15-5-14-25-22(28)18-6-3-4-7-19(18)26-23(29)21-13-12-20(30-21)16-8-10-17(24)11-9-16/h3-4,6-13H,5,14-15H2,1-2H3,(H,25,28)(H,26,29). The summed E-state index contributed by atoms with van der Waals surface area (Å²) < 4.78 is 6.68. The van der Waals surface area contributed by atoms with Crippen LogP contribution in [0.3, 0.4) is 0 Å². The normalized spacial score (nSPS) is 10.8.